The first-order chi connectivity index (χ1) is 7.84. The SMILES string of the molecule is CSc1ccc(N/N=C(\N)C(F)(F)F)cc1F. The molecule has 1 rings (SSSR count). The maximum absolute atomic E-state index is 13.2. The summed E-state index contributed by atoms with van der Waals surface area (Å²) in [6, 6.07) is 3.88. The number of hydrogen-bond donors (Lipinski definition) is 2. The maximum Gasteiger partial charge on any atom is 0.450 e. The number of benzene rings is 1. The van der Waals surface area contributed by atoms with E-state index in [9.17, 15) is 17.6 Å². The quantitative estimate of drug-likeness (QED) is 0.291. The summed E-state index contributed by atoms with van der Waals surface area (Å²) >= 11 is 1.19. The van der Waals surface area contributed by atoms with Crippen LogP contribution in [0.15, 0.2) is 28.2 Å². The highest BCUT2D eigenvalue weighted by Gasteiger charge is 2.33. The minimum Gasteiger partial charge on any atom is -0.378 e. The minimum atomic E-state index is -4.70. The van der Waals surface area contributed by atoms with E-state index in [1.807, 2.05) is 5.43 Å². The van der Waals surface area contributed by atoms with Crippen molar-refractivity contribution >= 4 is 23.3 Å². The van der Waals surface area contributed by atoms with Gasteiger partial charge in [-0.1, -0.05) is 0 Å². The Balaban J connectivity index is 2.80. The third-order valence-corrected chi connectivity index (χ3v) is 2.52. The molecule has 0 spiro atoms. The molecule has 0 heterocycles. The number of amidine groups is 1. The van der Waals surface area contributed by atoms with Crippen LogP contribution in [0.2, 0.25) is 0 Å². The van der Waals surface area contributed by atoms with Crippen molar-refractivity contribution in [2.75, 3.05) is 11.7 Å². The number of nitrogens with two attached hydrogens (primary N) is 1. The molecular weight excluding hydrogens is 258 g/mol. The van der Waals surface area contributed by atoms with Crippen LogP contribution in [0.1, 0.15) is 0 Å². The van der Waals surface area contributed by atoms with Gasteiger partial charge < -0.3 is 5.73 Å². The predicted octanol–water partition coefficient (Wildman–Crippen LogP) is 2.79. The lowest BCUT2D eigenvalue weighted by atomic mass is 10.3. The van der Waals surface area contributed by atoms with E-state index in [1.54, 1.807) is 6.26 Å². The largest absolute Gasteiger partial charge is 0.450 e. The molecule has 0 unspecified atom stereocenters. The van der Waals surface area contributed by atoms with E-state index >= 15 is 0 Å². The van der Waals surface area contributed by atoms with Crippen LogP contribution in [0.5, 0.6) is 0 Å². The van der Waals surface area contributed by atoms with E-state index in [4.69, 9.17) is 0 Å². The molecule has 0 aliphatic carbocycles. The van der Waals surface area contributed by atoms with E-state index in [-0.39, 0.29) is 5.69 Å². The Labute approximate surface area is 99.1 Å². The van der Waals surface area contributed by atoms with E-state index in [0.29, 0.717) is 4.90 Å². The topological polar surface area (TPSA) is 50.4 Å². The molecule has 0 saturated heterocycles. The summed E-state index contributed by atoms with van der Waals surface area (Å²) in [5.41, 5.74) is 6.78. The highest BCUT2D eigenvalue weighted by molar-refractivity contribution is 7.98. The Morgan fingerprint density at radius 1 is 1.41 bits per heavy atom. The first-order valence-corrected chi connectivity index (χ1v) is 5.57. The number of rotatable bonds is 3. The Hall–Kier alpha value is -1.44. The number of nitrogens with one attached hydrogen (secondary N) is 1. The number of anilines is 1. The molecule has 3 nitrogen and oxygen atoms in total. The van der Waals surface area contributed by atoms with Crippen molar-refractivity contribution in [3.8, 4) is 0 Å². The predicted molar refractivity (Wildman–Crippen MR) is 59.5 cm³/mol. The third-order valence-electron chi connectivity index (χ3n) is 1.75. The molecule has 17 heavy (non-hydrogen) atoms. The monoisotopic (exact) mass is 267 g/mol. The fourth-order valence-electron chi connectivity index (χ4n) is 0.924. The van der Waals surface area contributed by atoms with Gasteiger partial charge in [-0.05, 0) is 24.5 Å². The fraction of sp³-hybridized carbons (Fsp3) is 0.222. The lowest BCUT2D eigenvalue weighted by molar-refractivity contribution is -0.0599. The van der Waals surface area contributed by atoms with Crippen LogP contribution in [-0.2, 0) is 0 Å². The van der Waals surface area contributed by atoms with Gasteiger partial charge in [0.15, 0.2) is 0 Å². The van der Waals surface area contributed by atoms with Crippen LogP contribution < -0.4 is 11.2 Å². The minimum absolute atomic E-state index is 0.0903. The van der Waals surface area contributed by atoms with Gasteiger partial charge in [-0.2, -0.15) is 18.3 Å². The molecule has 3 N–H and O–H groups in total. The summed E-state index contributed by atoms with van der Waals surface area (Å²) in [5.74, 6) is -2.06. The van der Waals surface area contributed by atoms with E-state index < -0.39 is 17.8 Å². The molecule has 0 fully saturated rings. The number of hydrogen-bond acceptors (Lipinski definition) is 3. The molecule has 0 aromatic heterocycles. The van der Waals surface area contributed by atoms with E-state index in [0.717, 1.165) is 6.07 Å². The number of alkyl halides is 3. The molecule has 0 radical (unpaired) electrons. The van der Waals surface area contributed by atoms with Crippen LogP contribution >= 0.6 is 11.8 Å². The highest BCUT2D eigenvalue weighted by Crippen LogP contribution is 2.22. The number of thioether (sulfide) groups is 1. The van der Waals surface area contributed by atoms with Gasteiger partial charge in [0.25, 0.3) is 0 Å². The summed E-state index contributed by atoms with van der Waals surface area (Å²) in [4.78, 5) is 0.392. The molecule has 0 bridgehead atoms. The molecular formula is C9H9F4N3S. The third kappa shape index (κ3) is 3.81. The average molecular weight is 267 g/mol. The van der Waals surface area contributed by atoms with Crippen molar-refractivity contribution in [1.82, 2.24) is 0 Å². The first-order valence-electron chi connectivity index (χ1n) is 4.34. The van der Waals surface area contributed by atoms with Gasteiger partial charge in [0.05, 0.1) is 5.69 Å². The van der Waals surface area contributed by atoms with Gasteiger partial charge in [0.1, 0.15) is 5.82 Å². The van der Waals surface area contributed by atoms with Gasteiger partial charge in [-0.25, -0.2) is 4.39 Å². The Morgan fingerprint density at radius 3 is 2.53 bits per heavy atom. The summed E-state index contributed by atoms with van der Waals surface area (Å²) in [6.45, 7) is 0. The summed E-state index contributed by atoms with van der Waals surface area (Å²) < 4.78 is 49.2. The van der Waals surface area contributed by atoms with Crippen LogP contribution in [0, 0.1) is 5.82 Å². The fourth-order valence-corrected chi connectivity index (χ4v) is 1.38. The van der Waals surface area contributed by atoms with Crippen molar-refractivity contribution < 1.29 is 17.6 Å². The molecule has 1 aromatic rings. The molecule has 8 heteroatoms. The van der Waals surface area contributed by atoms with Crippen molar-refractivity contribution in [3.05, 3.63) is 24.0 Å². The summed E-state index contributed by atoms with van der Waals surface area (Å²) in [5, 5.41) is 2.91. The number of hydrazone groups is 1. The van der Waals surface area contributed by atoms with Gasteiger partial charge >= 0.3 is 6.18 Å². The average Bonchev–Trinajstić information content (AvgIpc) is 2.24. The van der Waals surface area contributed by atoms with Crippen LogP contribution in [-0.4, -0.2) is 18.3 Å². The van der Waals surface area contributed by atoms with E-state index in [2.05, 4.69) is 10.8 Å². The second kappa shape index (κ2) is 5.26. The molecule has 0 aliphatic heterocycles. The van der Waals surface area contributed by atoms with Crippen molar-refractivity contribution in [2.45, 2.75) is 11.1 Å². The number of nitrogens with zero attached hydrogens (tertiary/aromatic N) is 1. The zero-order valence-electron chi connectivity index (χ0n) is 8.68. The lowest BCUT2D eigenvalue weighted by Crippen LogP contribution is -2.32. The van der Waals surface area contributed by atoms with Gasteiger partial charge in [-0.15, -0.1) is 11.8 Å². The molecule has 0 atom stereocenters. The second-order valence-electron chi connectivity index (χ2n) is 2.96. The maximum atomic E-state index is 13.2. The Kier molecular flexibility index (Phi) is 4.22. The van der Waals surface area contributed by atoms with Gasteiger partial charge in [0.2, 0.25) is 5.84 Å². The standard InChI is InChI=1S/C9H9F4N3S/c1-17-7-3-2-5(4-6(7)10)15-16-8(14)9(11,12)13/h2-4,15H,1H3,(H2,14,16). The van der Waals surface area contributed by atoms with Crippen LogP contribution in [0.25, 0.3) is 0 Å². The van der Waals surface area contributed by atoms with Gasteiger partial charge in [0, 0.05) is 4.90 Å². The molecule has 94 valence electrons. The number of halogens is 4. The second-order valence-corrected chi connectivity index (χ2v) is 3.80. The Bertz CT molecular complexity index is 431. The smallest absolute Gasteiger partial charge is 0.378 e. The summed E-state index contributed by atoms with van der Waals surface area (Å²) in [7, 11) is 0. The van der Waals surface area contributed by atoms with Crippen LogP contribution in [0.4, 0.5) is 23.2 Å². The first kappa shape index (κ1) is 13.6. The van der Waals surface area contributed by atoms with Crippen LogP contribution in [0.3, 0.4) is 0 Å². The van der Waals surface area contributed by atoms with Crippen molar-refractivity contribution in [2.24, 2.45) is 10.8 Å². The zero-order chi connectivity index (χ0) is 13.1. The zero-order valence-corrected chi connectivity index (χ0v) is 9.49. The van der Waals surface area contributed by atoms with Crippen molar-refractivity contribution in [1.29, 1.82) is 0 Å². The Morgan fingerprint density at radius 2 is 2.06 bits per heavy atom. The van der Waals surface area contributed by atoms with Gasteiger partial charge in [-0.3, -0.25) is 5.43 Å². The molecule has 0 aliphatic rings. The molecule has 1 aromatic carbocycles. The highest BCUT2D eigenvalue weighted by atomic mass is 32.2. The lowest BCUT2D eigenvalue weighted by Gasteiger charge is -2.07. The molecule has 0 amide bonds. The van der Waals surface area contributed by atoms with Crippen molar-refractivity contribution in [3.63, 3.8) is 0 Å². The normalized spacial score (nSPS) is 12.6. The summed E-state index contributed by atoms with van der Waals surface area (Å²) in [6.07, 6.45) is -3.02. The molecule has 0 saturated carbocycles. The van der Waals surface area contributed by atoms with E-state index in [1.165, 1.54) is 23.9 Å².